The standard InChI is InChI=1S/C9H18O3S/c1-2-3-13-9-5-7(11)4-8(6-10)12-9/h7-11H,2-6H2,1H3. The number of rotatable bonds is 4. The summed E-state index contributed by atoms with van der Waals surface area (Å²) in [4.78, 5) is 0. The molecule has 1 fully saturated rings. The van der Waals surface area contributed by atoms with Gasteiger partial charge in [-0.15, -0.1) is 11.8 Å². The molecular formula is C9H18O3S. The lowest BCUT2D eigenvalue weighted by Gasteiger charge is -2.31. The van der Waals surface area contributed by atoms with Crippen molar-refractivity contribution in [2.45, 2.75) is 43.8 Å². The van der Waals surface area contributed by atoms with Crippen molar-refractivity contribution in [2.75, 3.05) is 12.4 Å². The van der Waals surface area contributed by atoms with Gasteiger partial charge in [0.25, 0.3) is 0 Å². The number of hydrogen-bond acceptors (Lipinski definition) is 4. The molecular weight excluding hydrogens is 188 g/mol. The zero-order valence-electron chi connectivity index (χ0n) is 7.98. The highest BCUT2D eigenvalue weighted by molar-refractivity contribution is 7.99. The van der Waals surface area contributed by atoms with Crippen LogP contribution in [0.25, 0.3) is 0 Å². The average molecular weight is 206 g/mol. The molecule has 3 atom stereocenters. The molecule has 1 aliphatic rings. The molecule has 0 saturated carbocycles. The van der Waals surface area contributed by atoms with Crippen LogP contribution >= 0.6 is 11.8 Å². The first-order chi connectivity index (χ1) is 6.26. The molecule has 0 aliphatic carbocycles. The maximum absolute atomic E-state index is 9.48. The number of hydrogen-bond donors (Lipinski definition) is 2. The Morgan fingerprint density at radius 3 is 2.85 bits per heavy atom. The van der Waals surface area contributed by atoms with Crippen molar-refractivity contribution >= 4 is 11.8 Å². The summed E-state index contributed by atoms with van der Waals surface area (Å²) < 4.78 is 5.56. The van der Waals surface area contributed by atoms with Gasteiger partial charge in [-0.1, -0.05) is 6.92 Å². The minimum absolute atomic E-state index is 0.0141. The zero-order valence-corrected chi connectivity index (χ0v) is 8.80. The van der Waals surface area contributed by atoms with Crippen molar-refractivity contribution in [1.82, 2.24) is 0 Å². The predicted molar refractivity (Wildman–Crippen MR) is 53.7 cm³/mol. The van der Waals surface area contributed by atoms with E-state index < -0.39 is 0 Å². The summed E-state index contributed by atoms with van der Waals surface area (Å²) >= 11 is 1.73. The van der Waals surface area contributed by atoms with Crippen LogP contribution < -0.4 is 0 Å². The molecule has 13 heavy (non-hydrogen) atoms. The summed E-state index contributed by atoms with van der Waals surface area (Å²) in [6.07, 6.45) is 1.91. The topological polar surface area (TPSA) is 49.7 Å². The molecule has 1 rings (SSSR count). The summed E-state index contributed by atoms with van der Waals surface area (Å²) in [6.45, 7) is 2.13. The van der Waals surface area contributed by atoms with E-state index in [1.165, 1.54) is 0 Å². The molecule has 0 aromatic carbocycles. The van der Waals surface area contributed by atoms with E-state index in [0.29, 0.717) is 12.8 Å². The van der Waals surface area contributed by atoms with E-state index in [1.54, 1.807) is 11.8 Å². The zero-order chi connectivity index (χ0) is 9.68. The normalized spacial score (nSPS) is 34.8. The average Bonchev–Trinajstić information content (AvgIpc) is 2.14. The van der Waals surface area contributed by atoms with Gasteiger partial charge in [-0.3, -0.25) is 0 Å². The summed E-state index contributed by atoms with van der Waals surface area (Å²) in [5.74, 6) is 1.05. The maximum atomic E-state index is 9.48. The number of ether oxygens (including phenoxy) is 1. The van der Waals surface area contributed by atoms with Gasteiger partial charge in [0, 0.05) is 12.8 Å². The Morgan fingerprint density at radius 2 is 2.23 bits per heavy atom. The van der Waals surface area contributed by atoms with Crippen LogP contribution in [0.3, 0.4) is 0 Å². The van der Waals surface area contributed by atoms with Crippen molar-refractivity contribution < 1.29 is 14.9 Å². The molecule has 0 radical (unpaired) electrons. The fourth-order valence-electron chi connectivity index (χ4n) is 1.42. The Hall–Kier alpha value is 0.230. The molecule has 0 amide bonds. The Balaban J connectivity index is 2.29. The van der Waals surface area contributed by atoms with Crippen LogP contribution in [0.15, 0.2) is 0 Å². The predicted octanol–water partition coefficient (Wildman–Crippen LogP) is 0.988. The molecule has 3 unspecified atom stereocenters. The van der Waals surface area contributed by atoms with Crippen LogP contribution in [0.1, 0.15) is 26.2 Å². The highest BCUT2D eigenvalue weighted by Gasteiger charge is 2.27. The summed E-state index contributed by atoms with van der Waals surface area (Å²) in [6, 6.07) is 0. The molecule has 0 bridgehead atoms. The second-order valence-electron chi connectivity index (χ2n) is 3.37. The van der Waals surface area contributed by atoms with Crippen molar-refractivity contribution in [3.63, 3.8) is 0 Å². The Labute approximate surface area is 83.5 Å². The maximum Gasteiger partial charge on any atom is 0.106 e. The second-order valence-corrected chi connectivity index (χ2v) is 4.63. The molecule has 1 aliphatic heterocycles. The van der Waals surface area contributed by atoms with Crippen molar-refractivity contribution in [3.8, 4) is 0 Å². The van der Waals surface area contributed by atoms with Crippen LogP contribution in [0.5, 0.6) is 0 Å². The third-order valence-electron chi connectivity index (χ3n) is 2.06. The Kier molecular flexibility index (Phi) is 5.09. The van der Waals surface area contributed by atoms with Gasteiger partial charge in [0.1, 0.15) is 5.44 Å². The quantitative estimate of drug-likeness (QED) is 0.720. The lowest BCUT2D eigenvalue weighted by molar-refractivity contribution is -0.0783. The van der Waals surface area contributed by atoms with Crippen LogP contribution in [0, 0.1) is 0 Å². The molecule has 0 aromatic heterocycles. The first kappa shape index (κ1) is 11.3. The van der Waals surface area contributed by atoms with Crippen LogP contribution in [-0.2, 0) is 4.74 Å². The fourth-order valence-corrected chi connectivity index (χ4v) is 2.51. The number of aliphatic hydroxyl groups excluding tert-OH is 2. The lowest BCUT2D eigenvalue weighted by atomic mass is 10.1. The second kappa shape index (κ2) is 5.86. The lowest BCUT2D eigenvalue weighted by Crippen LogP contribution is -2.36. The van der Waals surface area contributed by atoms with E-state index in [-0.39, 0.29) is 24.3 Å². The van der Waals surface area contributed by atoms with Crippen LogP contribution in [0.4, 0.5) is 0 Å². The largest absolute Gasteiger partial charge is 0.394 e. The third kappa shape index (κ3) is 3.85. The van der Waals surface area contributed by atoms with Gasteiger partial charge >= 0.3 is 0 Å². The van der Waals surface area contributed by atoms with Crippen molar-refractivity contribution in [2.24, 2.45) is 0 Å². The van der Waals surface area contributed by atoms with E-state index >= 15 is 0 Å². The third-order valence-corrected chi connectivity index (χ3v) is 3.37. The van der Waals surface area contributed by atoms with E-state index in [2.05, 4.69) is 6.92 Å². The summed E-state index contributed by atoms with van der Waals surface area (Å²) in [7, 11) is 0. The molecule has 3 nitrogen and oxygen atoms in total. The first-order valence-corrected chi connectivity index (χ1v) is 5.87. The number of aliphatic hydroxyl groups is 2. The van der Waals surface area contributed by atoms with Gasteiger partial charge < -0.3 is 14.9 Å². The van der Waals surface area contributed by atoms with Crippen molar-refractivity contribution in [1.29, 1.82) is 0 Å². The van der Waals surface area contributed by atoms with E-state index in [1.807, 2.05) is 0 Å². The van der Waals surface area contributed by atoms with Gasteiger partial charge in [-0.25, -0.2) is 0 Å². The van der Waals surface area contributed by atoms with E-state index in [0.717, 1.165) is 12.2 Å². The summed E-state index contributed by atoms with van der Waals surface area (Å²) in [5, 5.41) is 18.4. The van der Waals surface area contributed by atoms with Crippen molar-refractivity contribution in [3.05, 3.63) is 0 Å². The molecule has 0 spiro atoms. The van der Waals surface area contributed by atoms with E-state index in [4.69, 9.17) is 9.84 Å². The van der Waals surface area contributed by atoms with Crippen LogP contribution in [-0.4, -0.2) is 40.2 Å². The monoisotopic (exact) mass is 206 g/mol. The Bertz CT molecular complexity index is 143. The molecule has 4 heteroatoms. The molecule has 2 N–H and O–H groups in total. The SMILES string of the molecule is CCCSC1CC(O)CC(CO)O1. The van der Waals surface area contributed by atoms with Crippen LogP contribution in [0.2, 0.25) is 0 Å². The van der Waals surface area contributed by atoms with Gasteiger partial charge in [0.05, 0.1) is 18.8 Å². The van der Waals surface area contributed by atoms with E-state index in [9.17, 15) is 5.11 Å². The van der Waals surface area contributed by atoms with Gasteiger partial charge in [0.15, 0.2) is 0 Å². The minimum Gasteiger partial charge on any atom is -0.394 e. The first-order valence-electron chi connectivity index (χ1n) is 4.82. The molecule has 0 aromatic rings. The molecule has 78 valence electrons. The highest BCUT2D eigenvalue weighted by Crippen LogP contribution is 2.27. The smallest absolute Gasteiger partial charge is 0.106 e. The van der Waals surface area contributed by atoms with Gasteiger partial charge in [-0.2, -0.15) is 0 Å². The molecule has 1 heterocycles. The molecule has 1 saturated heterocycles. The highest BCUT2D eigenvalue weighted by atomic mass is 32.2. The van der Waals surface area contributed by atoms with Gasteiger partial charge in [0.2, 0.25) is 0 Å². The minimum atomic E-state index is -0.305. The Morgan fingerprint density at radius 1 is 1.46 bits per heavy atom. The fraction of sp³-hybridized carbons (Fsp3) is 1.00. The number of thioether (sulfide) groups is 1. The van der Waals surface area contributed by atoms with Gasteiger partial charge in [-0.05, 0) is 12.2 Å². The summed E-state index contributed by atoms with van der Waals surface area (Å²) in [5.41, 5.74) is 0.0702.